The highest BCUT2D eigenvalue weighted by atomic mass is 127. The minimum Gasteiger partial charge on any atom is -0.497 e. The average Bonchev–Trinajstić information content (AvgIpc) is 3.10. The van der Waals surface area contributed by atoms with Gasteiger partial charge in [0.05, 0.1) is 7.11 Å². The van der Waals surface area contributed by atoms with E-state index in [0.717, 1.165) is 44.9 Å². The quantitative estimate of drug-likeness (QED) is 0.234. The molecule has 148 valence electrons. The number of hydrogen-bond acceptors (Lipinski definition) is 3. The summed E-state index contributed by atoms with van der Waals surface area (Å²) in [5.74, 6) is 1.43. The molecule has 0 aliphatic heterocycles. The van der Waals surface area contributed by atoms with Gasteiger partial charge in [0.2, 0.25) is 0 Å². The van der Waals surface area contributed by atoms with E-state index in [1.165, 1.54) is 31.2 Å². The third kappa shape index (κ3) is 7.70. The molecule has 0 radical (unpaired) electrons. The zero-order valence-electron chi connectivity index (χ0n) is 16.1. The van der Waals surface area contributed by atoms with E-state index in [-0.39, 0.29) is 29.4 Å². The summed E-state index contributed by atoms with van der Waals surface area (Å²) in [7, 11) is 1.68. The maximum atomic E-state index is 6.06. The van der Waals surface area contributed by atoms with Crippen LogP contribution >= 0.6 is 24.0 Å². The highest BCUT2D eigenvalue weighted by molar-refractivity contribution is 14.0. The van der Waals surface area contributed by atoms with Crippen LogP contribution in [0.3, 0.4) is 0 Å². The van der Waals surface area contributed by atoms with Gasteiger partial charge in [0.1, 0.15) is 5.75 Å². The van der Waals surface area contributed by atoms with E-state index in [9.17, 15) is 0 Å². The highest BCUT2D eigenvalue weighted by Crippen LogP contribution is 2.41. The maximum absolute atomic E-state index is 6.06. The van der Waals surface area contributed by atoms with Crippen molar-refractivity contribution >= 4 is 29.9 Å². The van der Waals surface area contributed by atoms with E-state index in [0.29, 0.717) is 5.96 Å². The number of ether oxygens (including phenoxy) is 2. The molecule has 0 atom stereocenters. The lowest BCUT2D eigenvalue weighted by Crippen LogP contribution is -2.35. The topological polar surface area (TPSA) is 68.9 Å². The molecule has 0 spiro atoms. The SMILES string of the molecule is CCOCCC1(CN=C(N)NCCc2ccc(OC)cc2)CCCC1.I. The summed E-state index contributed by atoms with van der Waals surface area (Å²) in [6.07, 6.45) is 7.07. The molecule has 26 heavy (non-hydrogen) atoms. The Morgan fingerprint density at radius 1 is 1.23 bits per heavy atom. The van der Waals surface area contributed by atoms with Crippen molar-refractivity contribution in [1.29, 1.82) is 0 Å². The molecule has 1 aliphatic carbocycles. The Hall–Kier alpha value is -1.02. The van der Waals surface area contributed by atoms with Crippen LogP contribution in [-0.2, 0) is 11.2 Å². The Labute approximate surface area is 175 Å². The molecular formula is C20H34IN3O2. The summed E-state index contributed by atoms with van der Waals surface area (Å²) >= 11 is 0. The molecule has 1 aromatic rings. The van der Waals surface area contributed by atoms with Crippen LogP contribution in [0.25, 0.3) is 0 Å². The van der Waals surface area contributed by atoms with Crippen LogP contribution < -0.4 is 15.8 Å². The van der Waals surface area contributed by atoms with E-state index in [1.807, 2.05) is 19.1 Å². The third-order valence-corrected chi connectivity index (χ3v) is 5.11. The van der Waals surface area contributed by atoms with E-state index >= 15 is 0 Å². The molecule has 0 unspecified atom stereocenters. The molecule has 1 saturated carbocycles. The third-order valence-electron chi connectivity index (χ3n) is 5.11. The second kappa shape index (κ2) is 12.4. The molecule has 1 aliphatic rings. The number of halogens is 1. The van der Waals surface area contributed by atoms with Crippen molar-refractivity contribution in [1.82, 2.24) is 5.32 Å². The summed E-state index contributed by atoms with van der Waals surface area (Å²) in [5.41, 5.74) is 7.61. The van der Waals surface area contributed by atoms with E-state index in [1.54, 1.807) is 7.11 Å². The fourth-order valence-corrected chi connectivity index (χ4v) is 3.48. The molecule has 1 aromatic carbocycles. The lowest BCUT2D eigenvalue weighted by Gasteiger charge is -2.27. The van der Waals surface area contributed by atoms with Gasteiger partial charge in [0, 0.05) is 26.3 Å². The molecule has 0 heterocycles. The van der Waals surface area contributed by atoms with Gasteiger partial charge in [0.15, 0.2) is 5.96 Å². The monoisotopic (exact) mass is 475 g/mol. The number of guanidine groups is 1. The van der Waals surface area contributed by atoms with Crippen molar-refractivity contribution in [3.63, 3.8) is 0 Å². The van der Waals surface area contributed by atoms with Crippen LogP contribution in [-0.4, -0.2) is 39.4 Å². The van der Waals surface area contributed by atoms with Gasteiger partial charge in [0.25, 0.3) is 0 Å². The molecule has 1 fully saturated rings. The van der Waals surface area contributed by atoms with Gasteiger partial charge >= 0.3 is 0 Å². The largest absolute Gasteiger partial charge is 0.497 e. The molecule has 0 saturated heterocycles. The molecule has 2 rings (SSSR count). The number of benzene rings is 1. The normalized spacial score (nSPS) is 16.2. The summed E-state index contributed by atoms with van der Waals surface area (Å²) in [5, 5.41) is 3.23. The first-order valence-corrected chi connectivity index (χ1v) is 9.42. The number of nitrogens with two attached hydrogens (primary N) is 1. The van der Waals surface area contributed by atoms with Crippen LogP contribution in [0, 0.1) is 5.41 Å². The molecule has 5 nitrogen and oxygen atoms in total. The summed E-state index contributed by atoms with van der Waals surface area (Å²) < 4.78 is 10.7. The van der Waals surface area contributed by atoms with Gasteiger partial charge in [-0.2, -0.15) is 0 Å². The number of aliphatic imine (C=N–C) groups is 1. The molecule has 0 bridgehead atoms. The van der Waals surface area contributed by atoms with Crippen LogP contribution in [0.5, 0.6) is 5.75 Å². The first kappa shape index (κ1) is 23.0. The predicted octanol–water partition coefficient (Wildman–Crippen LogP) is 3.75. The minimum atomic E-state index is 0. The van der Waals surface area contributed by atoms with Crippen LogP contribution in [0.2, 0.25) is 0 Å². The van der Waals surface area contributed by atoms with Gasteiger partial charge in [-0.3, -0.25) is 4.99 Å². The number of nitrogens with zero attached hydrogens (tertiary/aromatic N) is 1. The number of nitrogens with one attached hydrogen (secondary N) is 1. The van der Waals surface area contributed by atoms with Gasteiger partial charge < -0.3 is 20.5 Å². The van der Waals surface area contributed by atoms with Crippen LogP contribution in [0.1, 0.15) is 44.6 Å². The smallest absolute Gasteiger partial charge is 0.188 e. The molecule has 0 amide bonds. The molecule has 6 heteroatoms. The first-order chi connectivity index (χ1) is 12.2. The van der Waals surface area contributed by atoms with Gasteiger partial charge in [-0.05, 0) is 55.7 Å². The van der Waals surface area contributed by atoms with Crippen molar-refractivity contribution in [3.8, 4) is 5.75 Å². The summed E-state index contributed by atoms with van der Waals surface area (Å²) in [6, 6.07) is 8.12. The zero-order chi connectivity index (χ0) is 18.0. The second-order valence-electron chi connectivity index (χ2n) is 6.88. The Kier molecular flexibility index (Phi) is 11.0. The van der Waals surface area contributed by atoms with Crippen molar-refractivity contribution in [2.24, 2.45) is 16.1 Å². The number of hydrogen-bond donors (Lipinski definition) is 2. The van der Waals surface area contributed by atoms with E-state index in [4.69, 9.17) is 15.2 Å². The van der Waals surface area contributed by atoms with Crippen molar-refractivity contribution in [2.45, 2.75) is 45.4 Å². The van der Waals surface area contributed by atoms with Crippen molar-refractivity contribution in [2.75, 3.05) is 33.4 Å². The second-order valence-corrected chi connectivity index (χ2v) is 6.88. The Balaban J connectivity index is 0.00000338. The van der Waals surface area contributed by atoms with Crippen molar-refractivity contribution < 1.29 is 9.47 Å². The molecule has 3 N–H and O–H groups in total. The number of methoxy groups -OCH3 is 1. The van der Waals surface area contributed by atoms with Crippen LogP contribution in [0.15, 0.2) is 29.3 Å². The summed E-state index contributed by atoms with van der Waals surface area (Å²) in [6.45, 7) is 5.25. The van der Waals surface area contributed by atoms with Gasteiger partial charge in [-0.15, -0.1) is 24.0 Å². The minimum absolute atomic E-state index is 0. The van der Waals surface area contributed by atoms with Crippen LogP contribution in [0.4, 0.5) is 0 Å². The first-order valence-electron chi connectivity index (χ1n) is 9.42. The highest BCUT2D eigenvalue weighted by Gasteiger charge is 2.33. The Morgan fingerprint density at radius 3 is 2.54 bits per heavy atom. The maximum Gasteiger partial charge on any atom is 0.188 e. The van der Waals surface area contributed by atoms with Gasteiger partial charge in [-0.1, -0.05) is 25.0 Å². The standard InChI is InChI=1S/C20H33N3O2.HI/c1-3-25-15-13-20(11-4-5-12-20)16-23-19(21)22-14-10-17-6-8-18(24-2)9-7-17;/h6-9H,3-5,10-16H2,1-2H3,(H3,21,22,23);1H. The Bertz CT molecular complexity index is 528. The lowest BCUT2D eigenvalue weighted by molar-refractivity contribution is 0.107. The van der Waals surface area contributed by atoms with Crippen molar-refractivity contribution in [3.05, 3.63) is 29.8 Å². The summed E-state index contributed by atoms with van der Waals surface area (Å²) in [4.78, 5) is 4.62. The molecular weight excluding hydrogens is 441 g/mol. The van der Waals surface area contributed by atoms with E-state index in [2.05, 4.69) is 22.4 Å². The van der Waals surface area contributed by atoms with Gasteiger partial charge in [-0.25, -0.2) is 0 Å². The zero-order valence-corrected chi connectivity index (χ0v) is 18.5. The van der Waals surface area contributed by atoms with E-state index < -0.39 is 0 Å². The lowest BCUT2D eigenvalue weighted by atomic mass is 9.83. The fourth-order valence-electron chi connectivity index (χ4n) is 3.48. The average molecular weight is 475 g/mol. The fraction of sp³-hybridized carbons (Fsp3) is 0.650. The predicted molar refractivity (Wildman–Crippen MR) is 119 cm³/mol. The molecule has 0 aromatic heterocycles. The Morgan fingerprint density at radius 2 is 1.92 bits per heavy atom. The number of rotatable bonds is 10.